The SMILES string of the molecule is COCCN(CCOC)CCC(N)=S. The van der Waals surface area contributed by atoms with Gasteiger partial charge in [-0.1, -0.05) is 12.2 Å². The van der Waals surface area contributed by atoms with E-state index in [9.17, 15) is 0 Å². The molecule has 84 valence electrons. The number of rotatable bonds is 9. The van der Waals surface area contributed by atoms with Gasteiger partial charge in [-0.05, 0) is 0 Å². The number of nitrogens with two attached hydrogens (primary N) is 1. The van der Waals surface area contributed by atoms with Gasteiger partial charge in [0.15, 0.2) is 0 Å². The number of nitrogens with zero attached hydrogens (tertiary/aromatic N) is 1. The molecule has 0 rings (SSSR count). The van der Waals surface area contributed by atoms with Crippen molar-refractivity contribution in [3.8, 4) is 0 Å². The van der Waals surface area contributed by atoms with E-state index in [0.29, 0.717) is 4.99 Å². The van der Waals surface area contributed by atoms with E-state index in [1.165, 1.54) is 0 Å². The molecule has 0 aromatic rings. The monoisotopic (exact) mass is 220 g/mol. The van der Waals surface area contributed by atoms with Crippen molar-refractivity contribution >= 4 is 17.2 Å². The Labute approximate surface area is 91.3 Å². The predicted molar refractivity (Wildman–Crippen MR) is 61.6 cm³/mol. The molecule has 0 aliphatic rings. The summed E-state index contributed by atoms with van der Waals surface area (Å²) in [6, 6.07) is 0. The molecule has 0 aliphatic carbocycles. The first-order chi connectivity index (χ1) is 6.70. The zero-order valence-electron chi connectivity index (χ0n) is 8.99. The molecule has 0 aromatic carbocycles. The Morgan fingerprint density at radius 3 is 2.00 bits per heavy atom. The molecule has 0 unspecified atom stereocenters. The normalized spacial score (nSPS) is 10.8. The van der Waals surface area contributed by atoms with Gasteiger partial charge in [-0.3, -0.25) is 4.90 Å². The average Bonchev–Trinajstić information content (AvgIpc) is 2.16. The van der Waals surface area contributed by atoms with Crippen LogP contribution in [0.15, 0.2) is 0 Å². The number of hydrogen-bond acceptors (Lipinski definition) is 4. The van der Waals surface area contributed by atoms with E-state index < -0.39 is 0 Å². The first-order valence-corrected chi connectivity index (χ1v) is 5.10. The molecule has 4 nitrogen and oxygen atoms in total. The highest BCUT2D eigenvalue weighted by Gasteiger charge is 2.04. The number of methoxy groups -OCH3 is 2. The second kappa shape index (κ2) is 9.33. The average molecular weight is 220 g/mol. The lowest BCUT2D eigenvalue weighted by molar-refractivity contribution is 0.116. The van der Waals surface area contributed by atoms with Gasteiger partial charge in [0, 0.05) is 40.3 Å². The lowest BCUT2D eigenvalue weighted by atomic mass is 10.3. The molecule has 0 saturated carbocycles. The molecule has 5 heteroatoms. The van der Waals surface area contributed by atoms with Crippen LogP contribution in [-0.2, 0) is 9.47 Å². The topological polar surface area (TPSA) is 47.7 Å². The van der Waals surface area contributed by atoms with Crippen LogP contribution < -0.4 is 5.73 Å². The zero-order valence-corrected chi connectivity index (χ0v) is 9.81. The fraction of sp³-hybridized carbons (Fsp3) is 0.889. The van der Waals surface area contributed by atoms with Crippen LogP contribution >= 0.6 is 12.2 Å². The molecule has 0 atom stereocenters. The molecule has 0 heterocycles. The molecule has 0 radical (unpaired) electrons. The quantitative estimate of drug-likeness (QED) is 0.565. The van der Waals surface area contributed by atoms with Crippen molar-refractivity contribution in [1.82, 2.24) is 4.90 Å². The molecule has 0 aliphatic heterocycles. The summed E-state index contributed by atoms with van der Waals surface area (Å²) >= 11 is 4.83. The summed E-state index contributed by atoms with van der Waals surface area (Å²) in [4.78, 5) is 2.79. The van der Waals surface area contributed by atoms with Crippen molar-refractivity contribution in [3.05, 3.63) is 0 Å². The van der Waals surface area contributed by atoms with Gasteiger partial charge in [-0.2, -0.15) is 0 Å². The van der Waals surface area contributed by atoms with Crippen molar-refractivity contribution in [2.24, 2.45) is 5.73 Å². The van der Waals surface area contributed by atoms with E-state index in [4.69, 9.17) is 27.4 Å². The predicted octanol–water partition coefficient (Wildman–Crippen LogP) is 0.257. The summed E-state index contributed by atoms with van der Waals surface area (Å²) < 4.78 is 10.0. The summed E-state index contributed by atoms with van der Waals surface area (Å²) in [7, 11) is 3.39. The van der Waals surface area contributed by atoms with E-state index >= 15 is 0 Å². The number of hydrogen-bond donors (Lipinski definition) is 1. The van der Waals surface area contributed by atoms with E-state index in [2.05, 4.69) is 4.90 Å². The third-order valence-corrected chi connectivity index (χ3v) is 2.10. The number of thiocarbonyl (C=S) groups is 1. The first-order valence-electron chi connectivity index (χ1n) is 4.69. The summed E-state index contributed by atoms with van der Waals surface area (Å²) in [6.45, 7) is 4.11. The minimum absolute atomic E-state index is 0.560. The van der Waals surface area contributed by atoms with Gasteiger partial charge in [0.05, 0.1) is 18.2 Å². The van der Waals surface area contributed by atoms with Gasteiger partial charge in [0.2, 0.25) is 0 Å². The van der Waals surface area contributed by atoms with Crippen molar-refractivity contribution in [3.63, 3.8) is 0 Å². The maximum Gasteiger partial charge on any atom is 0.0740 e. The van der Waals surface area contributed by atoms with Gasteiger partial charge in [0.25, 0.3) is 0 Å². The van der Waals surface area contributed by atoms with Crippen LogP contribution in [-0.4, -0.2) is 57.0 Å². The molecule has 0 fully saturated rings. The fourth-order valence-electron chi connectivity index (χ4n) is 1.04. The summed E-state index contributed by atoms with van der Waals surface area (Å²) in [6.07, 6.45) is 0.753. The van der Waals surface area contributed by atoms with Gasteiger partial charge in [0.1, 0.15) is 0 Å². The Bertz CT molecular complexity index is 148. The third kappa shape index (κ3) is 8.37. The maximum absolute atomic E-state index is 5.44. The molecule has 14 heavy (non-hydrogen) atoms. The summed E-state index contributed by atoms with van der Waals surface area (Å²) in [5.74, 6) is 0. The molecule has 0 bridgehead atoms. The summed E-state index contributed by atoms with van der Waals surface area (Å²) in [5.41, 5.74) is 5.44. The molecule has 2 N–H and O–H groups in total. The van der Waals surface area contributed by atoms with E-state index in [1.807, 2.05) is 0 Å². The van der Waals surface area contributed by atoms with Gasteiger partial charge in [-0.15, -0.1) is 0 Å². The van der Waals surface area contributed by atoms with Crippen molar-refractivity contribution in [2.75, 3.05) is 47.1 Å². The fourth-order valence-corrected chi connectivity index (χ4v) is 1.14. The van der Waals surface area contributed by atoms with Crippen molar-refractivity contribution < 1.29 is 9.47 Å². The molecule has 0 saturated heterocycles. The van der Waals surface area contributed by atoms with Crippen molar-refractivity contribution in [1.29, 1.82) is 0 Å². The Morgan fingerprint density at radius 2 is 1.64 bits per heavy atom. The van der Waals surface area contributed by atoms with Crippen molar-refractivity contribution in [2.45, 2.75) is 6.42 Å². The van der Waals surface area contributed by atoms with Crippen LogP contribution in [0.4, 0.5) is 0 Å². The minimum Gasteiger partial charge on any atom is -0.393 e. The number of ether oxygens (including phenoxy) is 2. The Morgan fingerprint density at radius 1 is 1.14 bits per heavy atom. The second-order valence-electron chi connectivity index (χ2n) is 3.04. The molecular weight excluding hydrogens is 200 g/mol. The summed E-state index contributed by atoms with van der Waals surface area (Å²) in [5, 5.41) is 0. The lowest BCUT2D eigenvalue weighted by Crippen LogP contribution is -2.33. The third-order valence-electron chi connectivity index (χ3n) is 1.90. The Kier molecular flexibility index (Phi) is 9.18. The first kappa shape index (κ1) is 13.8. The van der Waals surface area contributed by atoms with Gasteiger partial charge < -0.3 is 15.2 Å². The van der Waals surface area contributed by atoms with Crippen LogP contribution in [0.5, 0.6) is 0 Å². The Balaban J connectivity index is 3.65. The van der Waals surface area contributed by atoms with Gasteiger partial charge >= 0.3 is 0 Å². The molecule has 0 spiro atoms. The highest BCUT2D eigenvalue weighted by Crippen LogP contribution is 1.92. The largest absolute Gasteiger partial charge is 0.393 e. The maximum atomic E-state index is 5.44. The van der Waals surface area contributed by atoms with Gasteiger partial charge in [-0.25, -0.2) is 0 Å². The smallest absolute Gasteiger partial charge is 0.0740 e. The minimum atomic E-state index is 0.560. The van der Waals surface area contributed by atoms with Crippen LogP contribution in [0.25, 0.3) is 0 Å². The standard InChI is InChI=1S/C9H20N2O2S/c1-12-7-5-11(6-8-13-2)4-3-9(10)14/h3-8H2,1-2H3,(H2,10,14). The van der Waals surface area contributed by atoms with E-state index in [0.717, 1.165) is 39.3 Å². The molecule has 0 amide bonds. The van der Waals surface area contributed by atoms with Crippen LogP contribution in [0.3, 0.4) is 0 Å². The highest BCUT2D eigenvalue weighted by atomic mass is 32.1. The Hall–Kier alpha value is -0.230. The molecular formula is C9H20N2O2S. The highest BCUT2D eigenvalue weighted by molar-refractivity contribution is 7.80. The van der Waals surface area contributed by atoms with Crippen LogP contribution in [0, 0.1) is 0 Å². The van der Waals surface area contributed by atoms with Crippen LogP contribution in [0.1, 0.15) is 6.42 Å². The second-order valence-corrected chi connectivity index (χ2v) is 3.57. The lowest BCUT2D eigenvalue weighted by Gasteiger charge is -2.20. The van der Waals surface area contributed by atoms with Crippen LogP contribution in [0.2, 0.25) is 0 Å². The van der Waals surface area contributed by atoms with E-state index in [-0.39, 0.29) is 0 Å². The van der Waals surface area contributed by atoms with E-state index in [1.54, 1.807) is 14.2 Å². The molecule has 0 aromatic heterocycles. The zero-order chi connectivity index (χ0) is 10.8.